The first-order valence-corrected chi connectivity index (χ1v) is 7.72. The second-order valence-electron chi connectivity index (χ2n) is 5.34. The Morgan fingerprint density at radius 1 is 1.00 bits per heavy atom. The number of nitrogens with one attached hydrogen (secondary N) is 1. The molecule has 3 rings (SSSR count). The molecule has 2 unspecified atom stereocenters. The molecular weight excluding hydrogens is 289 g/mol. The van der Waals surface area contributed by atoms with Crippen LogP contribution in [0.1, 0.15) is 23.6 Å². The van der Waals surface area contributed by atoms with Gasteiger partial charge in [0.15, 0.2) is 0 Å². The largest absolute Gasteiger partial charge is 0.310 e. The Hall–Kier alpha value is -1.02. The molecule has 1 aliphatic rings. The van der Waals surface area contributed by atoms with Gasteiger partial charge < -0.3 is 5.32 Å². The number of benzene rings is 2. The normalized spacial score (nSPS) is 22.1. The van der Waals surface area contributed by atoms with Gasteiger partial charge in [-0.3, -0.25) is 0 Å². The minimum absolute atomic E-state index is 0.366. The lowest BCUT2D eigenvalue weighted by molar-refractivity contribution is 0.460. The van der Waals surface area contributed by atoms with E-state index in [1.165, 1.54) is 17.5 Å². The Morgan fingerprint density at radius 3 is 2.55 bits per heavy atom. The van der Waals surface area contributed by atoms with E-state index < -0.39 is 0 Å². The van der Waals surface area contributed by atoms with Gasteiger partial charge in [-0.2, -0.15) is 0 Å². The van der Waals surface area contributed by atoms with E-state index in [0.717, 1.165) is 13.0 Å². The van der Waals surface area contributed by atoms with E-state index in [0.29, 0.717) is 22.0 Å². The fourth-order valence-electron chi connectivity index (χ4n) is 2.99. The minimum Gasteiger partial charge on any atom is -0.310 e. The number of rotatable bonds is 3. The molecule has 1 saturated heterocycles. The molecule has 0 radical (unpaired) electrons. The fourth-order valence-corrected chi connectivity index (χ4v) is 3.30. The standard InChI is InChI=1S/C17H17Cl2N/c18-15-7-6-13(11-16(15)19)17-14(8-9-20-17)10-12-4-2-1-3-5-12/h1-7,11,14,17,20H,8-10H2. The van der Waals surface area contributed by atoms with Crippen molar-refractivity contribution < 1.29 is 0 Å². The van der Waals surface area contributed by atoms with Gasteiger partial charge in [-0.05, 0) is 48.6 Å². The molecule has 3 heteroatoms. The van der Waals surface area contributed by atoms with Gasteiger partial charge >= 0.3 is 0 Å². The highest BCUT2D eigenvalue weighted by Crippen LogP contribution is 2.34. The Balaban J connectivity index is 1.80. The summed E-state index contributed by atoms with van der Waals surface area (Å²) in [5, 5.41) is 4.84. The van der Waals surface area contributed by atoms with E-state index in [-0.39, 0.29) is 0 Å². The van der Waals surface area contributed by atoms with E-state index in [9.17, 15) is 0 Å². The van der Waals surface area contributed by atoms with Crippen LogP contribution >= 0.6 is 23.2 Å². The second kappa shape index (κ2) is 6.17. The predicted octanol–water partition coefficient (Wildman–Crippen LogP) is 4.89. The van der Waals surface area contributed by atoms with E-state index in [4.69, 9.17) is 23.2 Å². The predicted molar refractivity (Wildman–Crippen MR) is 85.5 cm³/mol. The van der Waals surface area contributed by atoms with E-state index >= 15 is 0 Å². The van der Waals surface area contributed by atoms with Crippen LogP contribution in [0, 0.1) is 5.92 Å². The summed E-state index contributed by atoms with van der Waals surface area (Å²) in [5.74, 6) is 0.606. The van der Waals surface area contributed by atoms with Crippen LogP contribution in [-0.2, 0) is 6.42 Å². The molecule has 1 N–H and O–H groups in total. The first-order valence-electron chi connectivity index (χ1n) is 6.96. The van der Waals surface area contributed by atoms with Gasteiger partial charge in [0.2, 0.25) is 0 Å². The van der Waals surface area contributed by atoms with E-state index in [1.54, 1.807) is 0 Å². The zero-order valence-electron chi connectivity index (χ0n) is 11.2. The number of hydrogen-bond acceptors (Lipinski definition) is 1. The molecule has 0 aromatic heterocycles. The maximum absolute atomic E-state index is 6.14. The molecule has 1 heterocycles. The molecule has 0 saturated carbocycles. The van der Waals surface area contributed by atoms with Crippen molar-refractivity contribution in [2.24, 2.45) is 5.92 Å². The summed E-state index contributed by atoms with van der Waals surface area (Å²) in [4.78, 5) is 0. The first kappa shape index (κ1) is 13.9. The smallest absolute Gasteiger partial charge is 0.0595 e. The highest BCUT2D eigenvalue weighted by Gasteiger charge is 2.28. The highest BCUT2D eigenvalue weighted by atomic mass is 35.5. The third-order valence-corrected chi connectivity index (χ3v) is 4.73. The van der Waals surface area contributed by atoms with Crippen molar-refractivity contribution in [3.8, 4) is 0 Å². The summed E-state index contributed by atoms with van der Waals surface area (Å²) in [6.07, 6.45) is 2.29. The van der Waals surface area contributed by atoms with Crippen LogP contribution < -0.4 is 5.32 Å². The second-order valence-corrected chi connectivity index (χ2v) is 6.16. The molecular formula is C17H17Cl2N. The molecule has 0 spiro atoms. The Bertz CT molecular complexity index is 583. The lowest BCUT2D eigenvalue weighted by Crippen LogP contribution is -2.19. The molecule has 2 aromatic rings. The topological polar surface area (TPSA) is 12.0 Å². The summed E-state index contributed by atoms with van der Waals surface area (Å²) in [5.41, 5.74) is 2.63. The summed E-state index contributed by atoms with van der Waals surface area (Å²) in [6.45, 7) is 1.06. The quantitative estimate of drug-likeness (QED) is 0.851. The van der Waals surface area contributed by atoms with Crippen LogP contribution in [0.5, 0.6) is 0 Å². The van der Waals surface area contributed by atoms with Crippen molar-refractivity contribution >= 4 is 23.2 Å². The molecule has 104 valence electrons. The minimum atomic E-state index is 0.366. The van der Waals surface area contributed by atoms with Crippen molar-refractivity contribution in [2.45, 2.75) is 18.9 Å². The van der Waals surface area contributed by atoms with Gasteiger partial charge in [0.05, 0.1) is 10.0 Å². The van der Waals surface area contributed by atoms with Gasteiger partial charge in [0, 0.05) is 6.04 Å². The monoisotopic (exact) mass is 305 g/mol. The summed E-state index contributed by atoms with van der Waals surface area (Å²) < 4.78 is 0. The average Bonchev–Trinajstić information content (AvgIpc) is 2.91. The van der Waals surface area contributed by atoms with Crippen molar-refractivity contribution in [1.82, 2.24) is 5.32 Å². The van der Waals surface area contributed by atoms with Gasteiger partial charge in [0.1, 0.15) is 0 Å². The Morgan fingerprint density at radius 2 is 1.80 bits per heavy atom. The van der Waals surface area contributed by atoms with Crippen LogP contribution in [-0.4, -0.2) is 6.54 Å². The summed E-state index contributed by atoms with van der Waals surface area (Å²) >= 11 is 12.1. The van der Waals surface area contributed by atoms with Crippen molar-refractivity contribution in [2.75, 3.05) is 6.54 Å². The molecule has 0 amide bonds. The molecule has 2 aromatic carbocycles. The van der Waals surface area contributed by atoms with Crippen molar-refractivity contribution in [3.63, 3.8) is 0 Å². The van der Waals surface area contributed by atoms with Gasteiger partial charge in [-0.15, -0.1) is 0 Å². The summed E-state index contributed by atoms with van der Waals surface area (Å²) in [6, 6.07) is 17.0. The lowest BCUT2D eigenvalue weighted by Gasteiger charge is -2.20. The van der Waals surface area contributed by atoms with Crippen LogP contribution in [0.2, 0.25) is 10.0 Å². The zero-order valence-corrected chi connectivity index (χ0v) is 12.7. The lowest BCUT2D eigenvalue weighted by atomic mass is 9.89. The molecule has 2 atom stereocenters. The Labute approximate surface area is 129 Å². The number of halogens is 2. The Kier molecular flexibility index (Phi) is 4.30. The average molecular weight is 306 g/mol. The van der Waals surface area contributed by atoms with Crippen LogP contribution in [0.4, 0.5) is 0 Å². The maximum Gasteiger partial charge on any atom is 0.0595 e. The van der Waals surface area contributed by atoms with E-state index in [1.807, 2.05) is 12.1 Å². The van der Waals surface area contributed by atoms with Crippen LogP contribution in [0.3, 0.4) is 0 Å². The molecule has 0 bridgehead atoms. The summed E-state index contributed by atoms with van der Waals surface area (Å²) in [7, 11) is 0. The molecule has 0 aliphatic carbocycles. The third kappa shape index (κ3) is 3.01. The highest BCUT2D eigenvalue weighted by molar-refractivity contribution is 6.42. The molecule has 1 aliphatic heterocycles. The molecule has 1 fully saturated rings. The fraction of sp³-hybridized carbons (Fsp3) is 0.294. The molecule has 1 nitrogen and oxygen atoms in total. The van der Waals surface area contributed by atoms with Crippen LogP contribution in [0.25, 0.3) is 0 Å². The number of hydrogen-bond donors (Lipinski definition) is 1. The zero-order chi connectivity index (χ0) is 13.9. The molecule has 20 heavy (non-hydrogen) atoms. The van der Waals surface area contributed by atoms with Crippen molar-refractivity contribution in [3.05, 3.63) is 69.7 Å². The SMILES string of the molecule is Clc1ccc(C2NCCC2Cc2ccccc2)cc1Cl. The van der Waals surface area contributed by atoms with Crippen LogP contribution in [0.15, 0.2) is 48.5 Å². The van der Waals surface area contributed by atoms with Gasteiger partial charge in [-0.25, -0.2) is 0 Å². The van der Waals surface area contributed by atoms with E-state index in [2.05, 4.69) is 41.7 Å². The van der Waals surface area contributed by atoms with Gasteiger partial charge in [-0.1, -0.05) is 59.6 Å². The maximum atomic E-state index is 6.14. The first-order chi connectivity index (χ1) is 9.74. The van der Waals surface area contributed by atoms with Gasteiger partial charge in [0.25, 0.3) is 0 Å². The third-order valence-electron chi connectivity index (χ3n) is 3.99. The van der Waals surface area contributed by atoms with Crippen molar-refractivity contribution in [1.29, 1.82) is 0 Å².